The summed E-state index contributed by atoms with van der Waals surface area (Å²) in [6.07, 6.45) is 2.08. The number of thiocarbonyl (C=S) groups is 1. The summed E-state index contributed by atoms with van der Waals surface area (Å²) in [6, 6.07) is 13.2. The van der Waals surface area contributed by atoms with Gasteiger partial charge in [0.05, 0.1) is 25.3 Å². The molecule has 0 radical (unpaired) electrons. The summed E-state index contributed by atoms with van der Waals surface area (Å²) in [5.41, 5.74) is 2.01. The van der Waals surface area contributed by atoms with Crippen LogP contribution >= 0.6 is 12.2 Å². The molecular formula is C25H27N3O5S. The molecule has 0 bridgehead atoms. The van der Waals surface area contributed by atoms with E-state index >= 15 is 0 Å². The molecule has 0 amide bonds. The molecule has 1 saturated heterocycles. The monoisotopic (exact) mass is 481 g/mol. The molecule has 0 aliphatic carbocycles. The van der Waals surface area contributed by atoms with Gasteiger partial charge in [-0.15, -0.1) is 0 Å². The number of aromatic amines is 1. The van der Waals surface area contributed by atoms with Crippen LogP contribution in [-0.4, -0.2) is 54.6 Å². The van der Waals surface area contributed by atoms with Gasteiger partial charge >= 0.3 is 0 Å². The van der Waals surface area contributed by atoms with Gasteiger partial charge < -0.3 is 34.1 Å². The quantitative estimate of drug-likeness (QED) is 0.516. The fourth-order valence-corrected chi connectivity index (χ4v) is 4.50. The predicted octanol–water partition coefficient (Wildman–Crippen LogP) is 3.69. The first-order chi connectivity index (χ1) is 16.6. The number of nitrogens with one attached hydrogen (secondary N) is 2. The first-order valence-corrected chi connectivity index (χ1v) is 11.8. The van der Waals surface area contributed by atoms with Crippen molar-refractivity contribution in [2.24, 2.45) is 0 Å². The van der Waals surface area contributed by atoms with Crippen LogP contribution in [0.3, 0.4) is 0 Å². The number of pyridine rings is 1. The lowest BCUT2D eigenvalue weighted by Crippen LogP contribution is -2.40. The van der Waals surface area contributed by atoms with E-state index in [4.69, 9.17) is 31.2 Å². The Balaban J connectivity index is 1.40. The van der Waals surface area contributed by atoms with Crippen molar-refractivity contribution >= 4 is 33.9 Å². The Morgan fingerprint density at radius 1 is 1.15 bits per heavy atom. The number of methoxy groups -OCH3 is 1. The maximum atomic E-state index is 13.0. The maximum absolute atomic E-state index is 13.0. The molecule has 0 saturated carbocycles. The van der Waals surface area contributed by atoms with Crippen molar-refractivity contribution in [1.29, 1.82) is 0 Å². The van der Waals surface area contributed by atoms with Gasteiger partial charge in [-0.25, -0.2) is 0 Å². The molecular weight excluding hydrogens is 454 g/mol. The largest absolute Gasteiger partial charge is 0.497 e. The molecule has 1 aromatic heterocycles. The van der Waals surface area contributed by atoms with Crippen LogP contribution < -0.4 is 25.1 Å². The Labute approximate surface area is 202 Å². The number of rotatable bonds is 6. The lowest BCUT2D eigenvalue weighted by molar-refractivity contribution is 0.0904. The summed E-state index contributed by atoms with van der Waals surface area (Å²) < 4.78 is 22.4. The van der Waals surface area contributed by atoms with E-state index < -0.39 is 0 Å². The highest BCUT2D eigenvalue weighted by Gasteiger charge is 2.23. The number of hydrogen-bond donors (Lipinski definition) is 2. The van der Waals surface area contributed by atoms with Crippen LogP contribution in [-0.2, 0) is 11.3 Å². The van der Waals surface area contributed by atoms with Gasteiger partial charge in [0.2, 0.25) is 0 Å². The number of aromatic nitrogens is 1. The molecule has 3 heterocycles. The predicted molar refractivity (Wildman–Crippen MR) is 134 cm³/mol. The summed E-state index contributed by atoms with van der Waals surface area (Å²) in [5, 5.41) is 4.69. The third kappa shape index (κ3) is 4.95. The van der Waals surface area contributed by atoms with Crippen LogP contribution in [0.4, 0.5) is 5.69 Å². The molecule has 2 aromatic carbocycles. The Morgan fingerprint density at radius 3 is 2.62 bits per heavy atom. The molecule has 0 spiro atoms. The number of H-pyrrole nitrogens is 1. The van der Waals surface area contributed by atoms with Gasteiger partial charge in [0.15, 0.2) is 16.6 Å². The van der Waals surface area contributed by atoms with E-state index in [-0.39, 0.29) is 11.7 Å². The Bertz CT molecular complexity index is 1240. The SMILES string of the molecule is COc1ccc(NC(=S)N(Cc2cc3cc4c(cc3[nH]c2=O)OCCO4)CC2CCCO2)cc1. The molecule has 1 fully saturated rings. The molecule has 2 N–H and O–H groups in total. The summed E-state index contributed by atoms with van der Waals surface area (Å²) >= 11 is 5.75. The molecule has 8 nitrogen and oxygen atoms in total. The van der Waals surface area contributed by atoms with Crippen molar-refractivity contribution in [1.82, 2.24) is 9.88 Å². The minimum absolute atomic E-state index is 0.0766. The van der Waals surface area contributed by atoms with Gasteiger partial charge in [0, 0.05) is 35.9 Å². The van der Waals surface area contributed by atoms with E-state index in [1.165, 1.54) is 0 Å². The van der Waals surface area contributed by atoms with Gasteiger partial charge in [0.1, 0.15) is 19.0 Å². The third-order valence-corrected chi connectivity index (χ3v) is 6.38. The fraction of sp³-hybridized carbons (Fsp3) is 0.360. The summed E-state index contributed by atoms with van der Waals surface area (Å²) in [5.74, 6) is 2.10. The lowest BCUT2D eigenvalue weighted by Gasteiger charge is -2.28. The molecule has 1 unspecified atom stereocenters. The lowest BCUT2D eigenvalue weighted by atomic mass is 10.1. The van der Waals surface area contributed by atoms with Crippen LogP contribution in [0, 0.1) is 0 Å². The van der Waals surface area contributed by atoms with Gasteiger partial charge in [-0.1, -0.05) is 0 Å². The van der Waals surface area contributed by atoms with E-state index in [9.17, 15) is 4.79 Å². The zero-order valence-corrected chi connectivity index (χ0v) is 19.8. The molecule has 34 heavy (non-hydrogen) atoms. The van der Waals surface area contributed by atoms with E-state index in [1.807, 2.05) is 47.4 Å². The number of anilines is 1. The third-order valence-electron chi connectivity index (χ3n) is 6.02. The number of hydrogen-bond acceptors (Lipinski definition) is 6. The maximum Gasteiger partial charge on any atom is 0.253 e. The molecule has 1 atom stereocenters. The first-order valence-electron chi connectivity index (χ1n) is 11.4. The highest BCUT2D eigenvalue weighted by Crippen LogP contribution is 2.33. The van der Waals surface area contributed by atoms with Crippen molar-refractivity contribution in [3.05, 3.63) is 58.4 Å². The van der Waals surface area contributed by atoms with Crippen molar-refractivity contribution < 1.29 is 18.9 Å². The topological polar surface area (TPSA) is 85.1 Å². The average Bonchev–Trinajstić information content (AvgIpc) is 3.36. The normalized spacial score (nSPS) is 16.9. The molecule has 2 aliphatic heterocycles. The second-order valence-corrected chi connectivity index (χ2v) is 8.77. The molecule has 9 heteroatoms. The number of fused-ring (bicyclic) bond motifs is 2. The number of benzene rings is 2. The minimum Gasteiger partial charge on any atom is -0.497 e. The second kappa shape index (κ2) is 9.90. The van der Waals surface area contributed by atoms with Crippen LogP contribution in [0.1, 0.15) is 18.4 Å². The first kappa shape index (κ1) is 22.5. The highest BCUT2D eigenvalue weighted by atomic mass is 32.1. The smallest absolute Gasteiger partial charge is 0.253 e. The second-order valence-electron chi connectivity index (χ2n) is 8.38. The number of ether oxygens (including phenoxy) is 4. The van der Waals surface area contributed by atoms with Crippen LogP contribution in [0.5, 0.6) is 17.2 Å². The number of nitrogens with zero attached hydrogens (tertiary/aromatic N) is 1. The summed E-state index contributed by atoms with van der Waals surface area (Å²) in [6.45, 7) is 2.70. The standard InChI is InChI=1S/C25H27N3O5S/c1-30-19-6-4-18(5-7-19)26-25(34)28(15-20-3-2-8-31-20)14-17-11-16-12-22-23(33-10-9-32-22)13-21(16)27-24(17)29/h4-7,11-13,20H,2-3,8-10,14-15H2,1H3,(H,26,34)(H,27,29). The highest BCUT2D eigenvalue weighted by molar-refractivity contribution is 7.80. The summed E-state index contributed by atoms with van der Waals surface area (Å²) in [7, 11) is 1.63. The zero-order chi connectivity index (χ0) is 23.5. The van der Waals surface area contributed by atoms with Crippen molar-refractivity contribution in [3.8, 4) is 17.2 Å². The van der Waals surface area contributed by atoms with Gasteiger partial charge in [-0.2, -0.15) is 0 Å². The van der Waals surface area contributed by atoms with Crippen LogP contribution in [0.25, 0.3) is 10.9 Å². The molecule has 5 rings (SSSR count). The molecule has 178 valence electrons. The van der Waals surface area contributed by atoms with E-state index in [1.54, 1.807) is 7.11 Å². The minimum atomic E-state index is -0.159. The van der Waals surface area contributed by atoms with Crippen molar-refractivity contribution in [2.75, 3.05) is 38.8 Å². The molecule has 3 aromatic rings. The van der Waals surface area contributed by atoms with Gasteiger partial charge in [-0.3, -0.25) is 4.79 Å². The Morgan fingerprint density at radius 2 is 1.91 bits per heavy atom. The van der Waals surface area contributed by atoms with Crippen LogP contribution in [0.15, 0.2) is 47.3 Å². The Hall–Kier alpha value is -3.30. The molecule has 2 aliphatic rings. The van der Waals surface area contributed by atoms with E-state index in [2.05, 4.69) is 10.3 Å². The van der Waals surface area contributed by atoms with Crippen molar-refractivity contribution in [3.63, 3.8) is 0 Å². The fourth-order valence-electron chi connectivity index (χ4n) is 4.24. The van der Waals surface area contributed by atoms with Crippen LogP contribution in [0.2, 0.25) is 0 Å². The Kier molecular flexibility index (Phi) is 6.55. The summed E-state index contributed by atoms with van der Waals surface area (Å²) in [4.78, 5) is 17.9. The van der Waals surface area contributed by atoms with Gasteiger partial charge in [-0.05, 0) is 61.5 Å². The zero-order valence-electron chi connectivity index (χ0n) is 19.0. The van der Waals surface area contributed by atoms with E-state index in [0.29, 0.717) is 54.0 Å². The van der Waals surface area contributed by atoms with E-state index in [0.717, 1.165) is 36.3 Å². The van der Waals surface area contributed by atoms with Crippen molar-refractivity contribution in [2.45, 2.75) is 25.5 Å². The average molecular weight is 482 g/mol. The van der Waals surface area contributed by atoms with Gasteiger partial charge in [0.25, 0.3) is 5.56 Å².